The van der Waals surface area contributed by atoms with E-state index < -0.39 is 0 Å². The van der Waals surface area contributed by atoms with Gasteiger partial charge in [0.25, 0.3) is 5.91 Å². The largest absolute Gasteiger partial charge is 0.472 e. The maximum absolute atomic E-state index is 12.0. The Labute approximate surface area is 110 Å². The van der Waals surface area contributed by atoms with Gasteiger partial charge >= 0.3 is 0 Å². The number of rotatable bonds is 3. The second kappa shape index (κ2) is 5.01. The van der Waals surface area contributed by atoms with E-state index in [4.69, 9.17) is 22.4 Å². The summed E-state index contributed by atoms with van der Waals surface area (Å²) in [5, 5.41) is 0. The Bertz CT molecular complexity index is 561. The molecule has 0 saturated carbocycles. The summed E-state index contributed by atoms with van der Waals surface area (Å²) in [5.41, 5.74) is 7.57. The van der Waals surface area contributed by atoms with Gasteiger partial charge < -0.3 is 15.1 Å². The fourth-order valence-electron chi connectivity index (χ4n) is 1.55. The molecule has 0 aliphatic carbocycles. The molecule has 1 heterocycles. The number of carbonyl (C=O) groups is 1. The quantitative estimate of drug-likeness (QED) is 0.859. The van der Waals surface area contributed by atoms with Crippen molar-refractivity contribution in [3.05, 3.63) is 54.0 Å². The highest BCUT2D eigenvalue weighted by atomic mass is 32.1. The summed E-state index contributed by atoms with van der Waals surface area (Å²) >= 11 is 4.87. The highest BCUT2D eigenvalue weighted by Gasteiger charge is 2.14. The van der Waals surface area contributed by atoms with Crippen molar-refractivity contribution < 1.29 is 9.21 Å². The van der Waals surface area contributed by atoms with E-state index in [2.05, 4.69) is 0 Å². The van der Waals surface area contributed by atoms with Gasteiger partial charge in [0.2, 0.25) is 0 Å². The van der Waals surface area contributed by atoms with Crippen molar-refractivity contribution in [3.8, 4) is 0 Å². The Balaban J connectivity index is 2.21. The van der Waals surface area contributed by atoms with Crippen LogP contribution in [0.15, 0.2) is 47.3 Å². The monoisotopic (exact) mass is 260 g/mol. The third kappa shape index (κ3) is 2.41. The van der Waals surface area contributed by atoms with Crippen LogP contribution in [0.1, 0.15) is 15.9 Å². The molecule has 2 rings (SSSR count). The first-order chi connectivity index (χ1) is 8.59. The van der Waals surface area contributed by atoms with E-state index in [1.54, 1.807) is 37.4 Å². The van der Waals surface area contributed by atoms with E-state index in [1.807, 2.05) is 0 Å². The lowest BCUT2D eigenvalue weighted by atomic mass is 10.2. The van der Waals surface area contributed by atoms with E-state index in [0.717, 1.165) is 11.3 Å². The summed E-state index contributed by atoms with van der Waals surface area (Å²) < 4.78 is 4.89. The molecule has 0 radical (unpaired) electrons. The molecule has 92 valence electrons. The van der Waals surface area contributed by atoms with Crippen molar-refractivity contribution in [2.75, 3.05) is 11.9 Å². The van der Waals surface area contributed by atoms with Crippen LogP contribution in [-0.2, 0) is 0 Å². The van der Waals surface area contributed by atoms with Crippen LogP contribution in [0, 0.1) is 0 Å². The first-order valence-electron chi connectivity index (χ1n) is 5.29. The van der Waals surface area contributed by atoms with Gasteiger partial charge in [-0.25, -0.2) is 0 Å². The molecule has 5 heteroatoms. The molecule has 1 amide bonds. The summed E-state index contributed by atoms with van der Waals surface area (Å²) in [7, 11) is 1.70. The highest BCUT2D eigenvalue weighted by molar-refractivity contribution is 7.80. The van der Waals surface area contributed by atoms with Crippen molar-refractivity contribution in [1.29, 1.82) is 0 Å². The molecule has 0 atom stereocenters. The summed E-state index contributed by atoms with van der Waals surface area (Å²) in [5.74, 6) is -0.133. The smallest absolute Gasteiger partial charge is 0.261 e. The highest BCUT2D eigenvalue weighted by Crippen LogP contribution is 2.16. The summed E-state index contributed by atoms with van der Waals surface area (Å²) in [4.78, 5) is 13.9. The van der Waals surface area contributed by atoms with Crippen LogP contribution in [-0.4, -0.2) is 17.9 Å². The number of nitrogens with zero attached hydrogens (tertiary/aromatic N) is 1. The zero-order chi connectivity index (χ0) is 13.1. The number of amides is 1. The van der Waals surface area contributed by atoms with Crippen LogP contribution >= 0.6 is 12.2 Å². The van der Waals surface area contributed by atoms with Crippen molar-refractivity contribution >= 4 is 28.8 Å². The average Bonchev–Trinajstić information content (AvgIpc) is 2.91. The van der Waals surface area contributed by atoms with Gasteiger partial charge in [0, 0.05) is 18.3 Å². The standard InChI is InChI=1S/C13H12N2O2S/c1-15(13(16)10-6-7-17-8-10)11-4-2-9(3-5-11)12(14)18/h2-8H,1H3,(H2,14,18). The van der Waals surface area contributed by atoms with E-state index in [-0.39, 0.29) is 5.91 Å². The molecule has 18 heavy (non-hydrogen) atoms. The molecule has 0 aliphatic rings. The zero-order valence-electron chi connectivity index (χ0n) is 9.79. The van der Waals surface area contributed by atoms with E-state index in [0.29, 0.717) is 10.6 Å². The van der Waals surface area contributed by atoms with Crippen LogP contribution in [0.4, 0.5) is 5.69 Å². The lowest BCUT2D eigenvalue weighted by Gasteiger charge is -2.16. The average molecular weight is 260 g/mol. The molecular weight excluding hydrogens is 248 g/mol. The van der Waals surface area contributed by atoms with Crippen LogP contribution in [0.5, 0.6) is 0 Å². The minimum Gasteiger partial charge on any atom is -0.472 e. The van der Waals surface area contributed by atoms with Gasteiger partial charge in [-0.15, -0.1) is 0 Å². The Hall–Kier alpha value is -2.14. The third-order valence-electron chi connectivity index (χ3n) is 2.61. The van der Waals surface area contributed by atoms with Crippen molar-refractivity contribution in [2.24, 2.45) is 5.73 Å². The summed E-state index contributed by atoms with van der Waals surface area (Å²) in [6.45, 7) is 0. The number of thiocarbonyl (C=S) groups is 1. The van der Waals surface area contributed by atoms with Gasteiger partial charge in [-0.1, -0.05) is 12.2 Å². The number of hydrogen-bond donors (Lipinski definition) is 1. The topological polar surface area (TPSA) is 59.5 Å². The van der Waals surface area contributed by atoms with Crippen LogP contribution in [0.25, 0.3) is 0 Å². The Morgan fingerprint density at radius 2 is 1.89 bits per heavy atom. The van der Waals surface area contributed by atoms with E-state index >= 15 is 0 Å². The SMILES string of the molecule is CN(C(=O)c1ccoc1)c1ccc(C(N)=S)cc1. The first-order valence-corrected chi connectivity index (χ1v) is 5.70. The lowest BCUT2D eigenvalue weighted by Crippen LogP contribution is -2.25. The van der Waals surface area contributed by atoms with Gasteiger partial charge in [-0.2, -0.15) is 0 Å². The third-order valence-corrected chi connectivity index (χ3v) is 2.85. The van der Waals surface area contributed by atoms with E-state index in [1.165, 1.54) is 17.4 Å². The molecule has 0 fully saturated rings. The first kappa shape index (κ1) is 12.3. The Kier molecular flexibility index (Phi) is 3.43. The van der Waals surface area contributed by atoms with Crippen molar-refractivity contribution in [2.45, 2.75) is 0 Å². The molecule has 0 bridgehead atoms. The molecule has 0 aliphatic heterocycles. The Morgan fingerprint density at radius 1 is 1.22 bits per heavy atom. The van der Waals surface area contributed by atoms with Crippen LogP contribution < -0.4 is 10.6 Å². The van der Waals surface area contributed by atoms with Gasteiger partial charge in [-0.3, -0.25) is 4.79 Å². The molecule has 2 N–H and O–H groups in total. The fraction of sp³-hybridized carbons (Fsp3) is 0.0769. The maximum atomic E-state index is 12.0. The molecule has 0 spiro atoms. The van der Waals surface area contributed by atoms with Crippen molar-refractivity contribution in [3.63, 3.8) is 0 Å². The van der Waals surface area contributed by atoms with Gasteiger partial charge in [-0.05, 0) is 30.3 Å². The minimum absolute atomic E-state index is 0.133. The second-order valence-corrected chi connectivity index (χ2v) is 4.23. The molecular formula is C13H12N2O2S. The number of nitrogens with two attached hydrogens (primary N) is 1. The number of anilines is 1. The van der Waals surface area contributed by atoms with Gasteiger partial charge in [0.05, 0.1) is 11.8 Å². The van der Waals surface area contributed by atoms with Crippen LogP contribution in [0.2, 0.25) is 0 Å². The molecule has 4 nitrogen and oxygen atoms in total. The predicted molar refractivity (Wildman–Crippen MR) is 73.8 cm³/mol. The van der Waals surface area contributed by atoms with Crippen molar-refractivity contribution in [1.82, 2.24) is 0 Å². The van der Waals surface area contributed by atoms with Crippen LogP contribution in [0.3, 0.4) is 0 Å². The summed E-state index contributed by atoms with van der Waals surface area (Å²) in [6.07, 6.45) is 2.89. The molecule has 0 unspecified atom stereocenters. The fourth-order valence-corrected chi connectivity index (χ4v) is 1.68. The summed E-state index contributed by atoms with van der Waals surface area (Å²) in [6, 6.07) is 8.80. The lowest BCUT2D eigenvalue weighted by molar-refractivity contribution is 0.0992. The predicted octanol–water partition coefficient (Wildman–Crippen LogP) is 2.19. The minimum atomic E-state index is -0.133. The number of furan rings is 1. The molecule has 0 saturated heterocycles. The second-order valence-electron chi connectivity index (χ2n) is 3.79. The number of carbonyl (C=O) groups excluding carboxylic acids is 1. The van der Waals surface area contributed by atoms with E-state index in [9.17, 15) is 4.79 Å². The van der Waals surface area contributed by atoms with Gasteiger partial charge in [0.15, 0.2) is 0 Å². The normalized spacial score (nSPS) is 10.1. The molecule has 1 aromatic heterocycles. The maximum Gasteiger partial charge on any atom is 0.261 e. The Morgan fingerprint density at radius 3 is 2.39 bits per heavy atom. The molecule has 1 aromatic carbocycles. The number of benzene rings is 1. The zero-order valence-corrected chi connectivity index (χ0v) is 10.6. The molecule has 2 aromatic rings. The van der Waals surface area contributed by atoms with Gasteiger partial charge in [0.1, 0.15) is 11.3 Å². The number of hydrogen-bond acceptors (Lipinski definition) is 3.